The van der Waals surface area contributed by atoms with Gasteiger partial charge in [-0.15, -0.1) is 0 Å². The maximum absolute atomic E-state index is 11.3. The Hall–Kier alpha value is -1.01. The smallest absolute Gasteiger partial charge is 0.237 e. The van der Waals surface area contributed by atoms with Crippen LogP contribution in [0.4, 0.5) is 0 Å². The van der Waals surface area contributed by atoms with Crippen molar-refractivity contribution < 1.29 is 4.79 Å². The van der Waals surface area contributed by atoms with E-state index in [2.05, 4.69) is 11.9 Å². The molecule has 0 aliphatic heterocycles. The molecule has 4 heteroatoms. The van der Waals surface area contributed by atoms with Gasteiger partial charge in [0.2, 0.25) is 5.91 Å². The van der Waals surface area contributed by atoms with Gasteiger partial charge in [0.15, 0.2) is 0 Å². The maximum atomic E-state index is 11.3. The number of hydrogen-bond acceptors (Lipinski definition) is 2. The number of carbonyl (C=O) groups excluding carboxylic acids is 1. The Morgan fingerprint density at radius 2 is 2.23 bits per heavy atom. The Balaban J connectivity index is 4.09. The summed E-state index contributed by atoms with van der Waals surface area (Å²) in [6, 6.07) is 1.94. The monoisotopic (exact) mass is 200 g/mol. The minimum Gasteiger partial charge on any atom is -0.350 e. The van der Waals surface area contributed by atoms with Crippen molar-refractivity contribution in [1.29, 1.82) is 5.26 Å². The van der Waals surface area contributed by atoms with Gasteiger partial charge < -0.3 is 5.32 Å². The number of nitrogens with one attached hydrogen (secondary N) is 1. The third kappa shape index (κ3) is 4.54. The Bertz CT molecular complexity index is 242. The standard InChI is InChI=1S/C9H13ClN2O/c1-6(2)8(4-11)9(13)12-5-7(3)10/h6,8H,3,5H2,1-2H3,(H,12,13). The van der Waals surface area contributed by atoms with E-state index < -0.39 is 5.92 Å². The number of nitriles is 1. The van der Waals surface area contributed by atoms with Crippen molar-refractivity contribution in [3.8, 4) is 6.07 Å². The van der Waals surface area contributed by atoms with Crippen molar-refractivity contribution >= 4 is 17.5 Å². The number of rotatable bonds is 4. The molecule has 0 aromatic rings. The minimum atomic E-state index is -0.615. The van der Waals surface area contributed by atoms with Crippen molar-refractivity contribution in [2.45, 2.75) is 13.8 Å². The van der Waals surface area contributed by atoms with Crippen molar-refractivity contribution in [2.75, 3.05) is 6.54 Å². The lowest BCUT2D eigenvalue weighted by molar-refractivity contribution is -0.124. The molecule has 0 saturated carbocycles. The van der Waals surface area contributed by atoms with Crippen LogP contribution >= 0.6 is 11.6 Å². The van der Waals surface area contributed by atoms with Crippen LogP contribution in [0.5, 0.6) is 0 Å². The van der Waals surface area contributed by atoms with Gasteiger partial charge in [0.1, 0.15) is 5.92 Å². The highest BCUT2D eigenvalue weighted by atomic mass is 35.5. The van der Waals surface area contributed by atoms with Crippen LogP contribution in [0.1, 0.15) is 13.8 Å². The van der Waals surface area contributed by atoms with Gasteiger partial charge in [0.05, 0.1) is 12.6 Å². The molecule has 0 saturated heterocycles. The Labute approximate surface area is 83.4 Å². The molecule has 1 amide bonds. The van der Waals surface area contributed by atoms with Gasteiger partial charge in [-0.1, -0.05) is 32.0 Å². The Kier molecular flexibility index (Phi) is 5.17. The summed E-state index contributed by atoms with van der Waals surface area (Å²) in [5.74, 6) is -0.899. The second-order valence-corrected chi connectivity index (χ2v) is 3.62. The van der Waals surface area contributed by atoms with Crippen molar-refractivity contribution in [3.05, 3.63) is 11.6 Å². The van der Waals surface area contributed by atoms with E-state index in [1.807, 2.05) is 19.9 Å². The average molecular weight is 201 g/mol. The first-order valence-corrected chi connectivity index (χ1v) is 4.37. The third-order valence-electron chi connectivity index (χ3n) is 1.54. The highest BCUT2D eigenvalue weighted by molar-refractivity contribution is 6.29. The van der Waals surface area contributed by atoms with E-state index in [0.717, 1.165) is 0 Å². The molecule has 0 aromatic carbocycles. The first kappa shape index (κ1) is 12.0. The minimum absolute atomic E-state index is 0.00795. The van der Waals surface area contributed by atoms with E-state index in [1.165, 1.54) is 0 Å². The molecule has 0 aliphatic carbocycles. The van der Waals surface area contributed by atoms with Gasteiger partial charge in [-0.3, -0.25) is 4.79 Å². The normalized spacial score (nSPS) is 11.9. The first-order chi connectivity index (χ1) is 5.99. The van der Waals surface area contributed by atoms with Gasteiger partial charge in [0, 0.05) is 5.03 Å². The lowest BCUT2D eigenvalue weighted by atomic mass is 9.97. The molecule has 1 N–H and O–H groups in total. The van der Waals surface area contributed by atoms with Crippen LogP contribution in [-0.2, 0) is 4.79 Å². The van der Waals surface area contributed by atoms with Crippen LogP contribution < -0.4 is 5.32 Å². The number of nitrogens with zero attached hydrogens (tertiary/aromatic N) is 1. The van der Waals surface area contributed by atoms with Crippen LogP contribution in [0.25, 0.3) is 0 Å². The number of hydrogen-bond donors (Lipinski definition) is 1. The van der Waals surface area contributed by atoms with Crippen LogP contribution in [-0.4, -0.2) is 12.5 Å². The van der Waals surface area contributed by atoms with E-state index >= 15 is 0 Å². The fourth-order valence-electron chi connectivity index (χ4n) is 0.803. The second-order valence-electron chi connectivity index (χ2n) is 3.09. The molecule has 72 valence electrons. The number of carbonyl (C=O) groups is 1. The molecule has 0 rings (SSSR count). The molecule has 0 aromatic heterocycles. The molecule has 0 spiro atoms. The number of halogens is 1. The Morgan fingerprint density at radius 1 is 1.69 bits per heavy atom. The summed E-state index contributed by atoms with van der Waals surface area (Å²) in [7, 11) is 0. The zero-order valence-corrected chi connectivity index (χ0v) is 8.56. The highest BCUT2D eigenvalue weighted by Crippen LogP contribution is 2.09. The summed E-state index contributed by atoms with van der Waals surface area (Å²) >= 11 is 5.46. The maximum Gasteiger partial charge on any atom is 0.237 e. The topological polar surface area (TPSA) is 52.9 Å². The predicted octanol–water partition coefficient (Wildman–Crippen LogP) is 1.65. The van der Waals surface area contributed by atoms with E-state index in [4.69, 9.17) is 16.9 Å². The predicted molar refractivity (Wildman–Crippen MR) is 51.9 cm³/mol. The second kappa shape index (κ2) is 5.60. The fourth-order valence-corrected chi connectivity index (χ4v) is 0.870. The van der Waals surface area contributed by atoms with Crippen molar-refractivity contribution in [3.63, 3.8) is 0 Å². The van der Waals surface area contributed by atoms with Gasteiger partial charge in [0.25, 0.3) is 0 Å². The summed E-state index contributed by atoms with van der Waals surface area (Å²) in [4.78, 5) is 11.3. The van der Waals surface area contributed by atoms with Gasteiger partial charge in [-0.05, 0) is 5.92 Å². The molecule has 13 heavy (non-hydrogen) atoms. The molecular formula is C9H13ClN2O. The lowest BCUT2D eigenvalue weighted by Crippen LogP contribution is -2.33. The van der Waals surface area contributed by atoms with Crippen molar-refractivity contribution in [1.82, 2.24) is 5.32 Å². The van der Waals surface area contributed by atoms with Crippen LogP contribution in [0, 0.1) is 23.2 Å². The summed E-state index contributed by atoms with van der Waals surface area (Å²) in [5.41, 5.74) is 0. The molecule has 3 nitrogen and oxygen atoms in total. The molecule has 1 unspecified atom stereocenters. The Morgan fingerprint density at radius 3 is 2.54 bits per heavy atom. The van der Waals surface area contributed by atoms with Crippen LogP contribution in [0.15, 0.2) is 11.6 Å². The summed E-state index contributed by atoms with van der Waals surface area (Å²) in [6.45, 7) is 7.28. The molecule has 0 radical (unpaired) electrons. The van der Waals surface area contributed by atoms with Crippen LogP contribution in [0.3, 0.4) is 0 Å². The molecule has 0 aliphatic rings. The average Bonchev–Trinajstić information content (AvgIpc) is 2.01. The fraction of sp³-hybridized carbons (Fsp3) is 0.556. The molecular weight excluding hydrogens is 188 g/mol. The summed E-state index contributed by atoms with van der Waals surface area (Å²) in [6.07, 6.45) is 0. The van der Waals surface area contributed by atoms with Gasteiger partial charge in [-0.25, -0.2) is 0 Å². The summed E-state index contributed by atoms with van der Waals surface area (Å²) in [5, 5.41) is 11.5. The highest BCUT2D eigenvalue weighted by Gasteiger charge is 2.20. The first-order valence-electron chi connectivity index (χ1n) is 3.99. The quantitative estimate of drug-likeness (QED) is 0.751. The summed E-state index contributed by atoms with van der Waals surface area (Å²) < 4.78 is 0. The van der Waals surface area contributed by atoms with E-state index in [-0.39, 0.29) is 18.4 Å². The zero-order valence-electron chi connectivity index (χ0n) is 7.80. The number of amides is 1. The molecule has 0 bridgehead atoms. The van der Waals surface area contributed by atoms with E-state index in [9.17, 15) is 4.79 Å². The molecule has 1 atom stereocenters. The van der Waals surface area contributed by atoms with Gasteiger partial charge in [-0.2, -0.15) is 5.26 Å². The zero-order chi connectivity index (χ0) is 10.4. The van der Waals surface area contributed by atoms with E-state index in [0.29, 0.717) is 5.03 Å². The van der Waals surface area contributed by atoms with E-state index in [1.54, 1.807) is 0 Å². The van der Waals surface area contributed by atoms with Crippen molar-refractivity contribution in [2.24, 2.45) is 11.8 Å². The van der Waals surface area contributed by atoms with Crippen LogP contribution in [0.2, 0.25) is 0 Å². The largest absolute Gasteiger partial charge is 0.350 e. The third-order valence-corrected chi connectivity index (χ3v) is 1.68. The van der Waals surface area contributed by atoms with Gasteiger partial charge >= 0.3 is 0 Å². The SMILES string of the molecule is C=C(Cl)CNC(=O)C(C#N)C(C)C. The molecule has 0 fully saturated rings. The molecule has 0 heterocycles. The lowest BCUT2D eigenvalue weighted by Gasteiger charge is -2.12.